The molecule has 1 saturated heterocycles. The van der Waals surface area contributed by atoms with Crippen LogP contribution in [0.5, 0.6) is 0 Å². The van der Waals surface area contributed by atoms with Crippen LogP contribution < -0.4 is 4.90 Å². The number of rotatable bonds is 6. The molecule has 0 radical (unpaired) electrons. The van der Waals surface area contributed by atoms with Crippen LogP contribution in [-0.2, 0) is 32.7 Å². The van der Waals surface area contributed by atoms with Crippen LogP contribution in [0.4, 0.5) is 17.6 Å². The number of hydrogen-bond acceptors (Lipinski definition) is 3. The molecule has 8 heteroatoms. The van der Waals surface area contributed by atoms with Crippen molar-refractivity contribution >= 4 is 5.97 Å². The van der Waals surface area contributed by atoms with Gasteiger partial charge in [0.05, 0.1) is 13.1 Å². The smallest absolute Gasteiger partial charge is 0.432 e. The highest BCUT2D eigenvalue weighted by Gasteiger charge is 2.64. The molecule has 0 unspecified atom stereocenters. The van der Waals surface area contributed by atoms with E-state index in [0.29, 0.717) is 17.0 Å². The van der Waals surface area contributed by atoms with Gasteiger partial charge in [-0.15, -0.1) is 0 Å². The largest absolute Gasteiger partial charge is 0.453 e. The number of quaternary nitrogens is 1. The van der Waals surface area contributed by atoms with Gasteiger partial charge in [0.15, 0.2) is 6.10 Å². The first-order valence-corrected chi connectivity index (χ1v) is 13.3. The summed E-state index contributed by atoms with van der Waals surface area (Å²) in [7, 11) is 0.865. The number of hydrogen-bond donors (Lipinski definition) is 1. The Kier molecular flexibility index (Phi) is 7.78. The number of carbonyl (C=O) groups excluding carboxylic acids is 1. The van der Waals surface area contributed by atoms with Crippen molar-refractivity contribution < 1.29 is 36.7 Å². The molecule has 0 saturated carbocycles. The van der Waals surface area contributed by atoms with Crippen molar-refractivity contribution in [3.05, 3.63) is 107 Å². The van der Waals surface area contributed by atoms with E-state index in [1.807, 2.05) is 18.2 Å². The van der Waals surface area contributed by atoms with Crippen LogP contribution in [0.15, 0.2) is 78.9 Å². The number of esters is 1. The summed E-state index contributed by atoms with van der Waals surface area (Å²) in [6.07, 6.45) is -3.74. The predicted molar refractivity (Wildman–Crippen MR) is 138 cm³/mol. The predicted octanol–water partition coefficient (Wildman–Crippen LogP) is 4.77. The molecule has 206 valence electrons. The Morgan fingerprint density at radius 3 is 2.13 bits per heavy atom. The van der Waals surface area contributed by atoms with E-state index in [0.717, 1.165) is 37.9 Å². The minimum Gasteiger partial charge on any atom is -0.453 e. The molecule has 2 aliphatic rings. The van der Waals surface area contributed by atoms with E-state index in [1.165, 1.54) is 35.9 Å². The minimum atomic E-state index is -5.06. The number of carbonyl (C=O) groups is 1. The molecule has 1 aliphatic heterocycles. The lowest BCUT2D eigenvalue weighted by atomic mass is 9.82. The maximum Gasteiger partial charge on any atom is 0.432 e. The quantitative estimate of drug-likeness (QED) is 0.361. The summed E-state index contributed by atoms with van der Waals surface area (Å²) < 4.78 is 69.2. The fourth-order valence-electron chi connectivity index (χ4n) is 6.29. The first-order chi connectivity index (χ1) is 18.7. The lowest BCUT2D eigenvalue weighted by Gasteiger charge is -2.42. The van der Waals surface area contributed by atoms with Gasteiger partial charge in [-0.1, -0.05) is 72.8 Å². The van der Waals surface area contributed by atoms with Gasteiger partial charge in [-0.05, 0) is 28.7 Å². The van der Waals surface area contributed by atoms with Crippen molar-refractivity contribution in [3.8, 4) is 0 Å². The fourth-order valence-corrected chi connectivity index (χ4v) is 6.29. The third-order valence-electron chi connectivity index (χ3n) is 8.36. The third-order valence-corrected chi connectivity index (χ3v) is 8.36. The molecule has 1 aliphatic carbocycles. The zero-order valence-corrected chi connectivity index (χ0v) is 21.7. The van der Waals surface area contributed by atoms with Gasteiger partial charge in [-0.2, -0.15) is 13.2 Å². The molecule has 1 N–H and O–H groups in total. The van der Waals surface area contributed by atoms with Crippen molar-refractivity contribution in [2.75, 3.05) is 20.2 Å². The zero-order chi connectivity index (χ0) is 27.6. The molecule has 3 atom stereocenters. The summed E-state index contributed by atoms with van der Waals surface area (Å²) in [5, 5.41) is 0. The zero-order valence-electron chi connectivity index (χ0n) is 21.7. The molecule has 4 nitrogen and oxygen atoms in total. The third kappa shape index (κ3) is 5.20. The standard InChI is InChI=1S/C31H31F4NO3/c1-38-30(31(33,34)35,24-12-6-3-7-13-24)29(37)39-28-19-23-11-8-14-26(32)25(23)20-27(28)36-17-15-22(16-18-36)21-9-4-2-5-10-21/h2-14,22,27-28H,15-20H2,1H3/p+1/t27-,28-,30-/m1/s1. The SMILES string of the molecule is CO[C@@](C(=O)O[C@@H]1Cc2cccc(F)c2C[C@H]1[NH+]1CCC(c2ccccc2)CC1)(c1ccccc1)C(F)(F)F. The molecule has 1 heterocycles. The van der Waals surface area contributed by atoms with Crippen LogP contribution in [0.2, 0.25) is 0 Å². The molecule has 39 heavy (non-hydrogen) atoms. The maximum absolute atomic E-state index is 14.8. The number of ether oxygens (including phenoxy) is 2. The second-order valence-corrected chi connectivity index (χ2v) is 10.4. The normalized spacial score (nSPS) is 24.8. The lowest BCUT2D eigenvalue weighted by molar-refractivity contribution is -0.934. The summed E-state index contributed by atoms with van der Waals surface area (Å²) >= 11 is 0. The first kappa shape index (κ1) is 27.3. The summed E-state index contributed by atoms with van der Waals surface area (Å²) in [4.78, 5) is 14.6. The Morgan fingerprint density at radius 2 is 1.51 bits per heavy atom. The summed E-state index contributed by atoms with van der Waals surface area (Å²) in [6.45, 7) is 1.49. The van der Waals surface area contributed by atoms with Crippen LogP contribution in [0.3, 0.4) is 0 Å². The number of alkyl halides is 3. The van der Waals surface area contributed by atoms with Gasteiger partial charge in [0.2, 0.25) is 0 Å². The van der Waals surface area contributed by atoms with Gasteiger partial charge >= 0.3 is 12.1 Å². The molecule has 0 amide bonds. The van der Waals surface area contributed by atoms with Gasteiger partial charge in [0.25, 0.3) is 5.60 Å². The average molecular weight is 543 g/mol. The lowest BCUT2D eigenvalue weighted by Crippen LogP contribution is -3.18. The van der Waals surface area contributed by atoms with Crippen molar-refractivity contribution in [1.82, 2.24) is 0 Å². The molecule has 3 aromatic rings. The average Bonchev–Trinajstić information content (AvgIpc) is 2.94. The Morgan fingerprint density at radius 1 is 0.872 bits per heavy atom. The van der Waals surface area contributed by atoms with Crippen LogP contribution in [0.1, 0.15) is 41.0 Å². The van der Waals surface area contributed by atoms with Crippen molar-refractivity contribution in [3.63, 3.8) is 0 Å². The highest BCUT2D eigenvalue weighted by molar-refractivity contribution is 5.83. The number of nitrogens with one attached hydrogen (secondary N) is 1. The van der Waals surface area contributed by atoms with Gasteiger partial charge in [-0.25, -0.2) is 9.18 Å². The first-order valence-electron chi connectivity index (χ1n) is 13.3. The maximum atomic E-state index is 14.8. The topological polar surface area (TPSA) is 40.0 Å². The van der Waals surface area contributed by atoms with Crippen LogP contribution in [0.25, 0.3) is 0 Å². The minimum absolute atomic E-state index is 0.140. The molecular formula is C31H32F4NO3+. The highest BCUT2D eigenvalue weighted by Crippen LogP contribution is 2.43. The second-order valence-electron chi connectivity index (χ2n) is 10.4. The van der Waals surface area contributed by atoms with E-state index in [1.54, 1.807) is 18.2 Å². The van der Waals surface area contributed by atoms with E-state index in [9.17, 15) is 22.4 Å². The Bertz CT molecular complexity index is 1280. The second kappa shape index (κ2) is 11.1. The van der Waals surface area contributed by atoms with Crippen molar-refractivity contribution in [1.29, 1.82) is 0 Å². The van der Waals surface area contributed by atoms with E-state index in [4.69, 9.17) is 9.47 Å². The van der Waals surface area contributed by atoms with Crippen LogP contribution in [0, 0.1) is 5.82 Å². The molecular weight excluding hydrogens is 510 g/mol. The molecule has 1 fully saturated rings. The molecule has 0 aromatic heterocycles. The Hall–Kier alpha value is -3.23. The number of fused-ring (bicyclic) bond motifs is 1. The van der Waals surface area contributed by atoms with Crippen molar-refractivity contribution in [2.24, 2.45) is 0 Å². The fraction of sp³-hybridized carbons (Fsp3) is 0.387. The van der Waals surface area contributed by atoms with Crippen LogP contribution >= 0.6 is 0 Å². The van der Waals surface area contributed by atoms with Gasteiger partial charge in [0, 0.05) is 38.4 Å². The number of benzene rings is 3. The molecule has 0 bridgehead atoms. The van der Waals surface area contributed by atoms with E-state index < -0.39 is 23.9 Å². The van der Waals surface area contributed by atoms with Gasteiger partial charge in [0.1, 0.15) is 11.9 Å². The van der Waals surface area contributed by atoms with Gasteiger partial charge < -0.3 is 14.4 Å². The van der Waals surface area contributed by atoms with E-state index >= 15 is 0 Å². The van der Waals surface area contributed by atoms with Gasteiger partial charge in [-0.3, -0.25) is 0 Å². The molecule has 5 rings (SSSR count). The summed E-state index contributed by atoms with van der Waals surface area (Å²) in [6, 6.07) is 21.4. The summed E-state index contributed by atoms with van der Waals surface area (Å²) in [5.74, 6) is -1.46. The number of methoxy groups -OCH3 is 1. The monoisotopic (exact) mass is 542 g/mol. The number of likely N-dealkylation sites (tertiary alicyclic amines) is 1. The Balaban J connectivity index is 1.44. The number of halogens is 4. The summed E-state index contributed by atoms with van der Waals surface area (Å²) in [5.41, 5.74) is -1.16. The van der Waals surface area contributed by atoms with E-state index in [-0.39, 0.29) is 30.3 Å². The highest BCUT2D eigenvalue weighted by atomic mass is 19.4. The molecule has 3 aromatic carbocycles. The van der Waals surface area contributed by atoms with Crippen molar-refractivity contribution in [2.45, 2.75) is 55.5 Å². The Labute approximate surface area is 225 Å². The van der Waals surface area contributed by atoms with Crippen LogP contribution in [-0.4, -0.2) is 44.5 Å². The molecule has 0 spiro atoms. The number of piperidine rings is 1. The van der Waals surface area contributed by atoms with E-state index in [2.05, 4.69) is 12.1 Å².